The van der Waals surface area contributed by atoms with E-state index in [1.807, 2.05) is 42.5 Å². The van der Waals surface area contributed by atoms with Crippen molar-refractivity contribution in [2.75, 3.05) is 7.11 Å². The van der Waals surface area contributed by atoms with E-state index in [4.69, 9.17) is 9.15 Å². The maximum Gasteiger partial charge on any atom is 0.373 e. The topological polar surface area (TPSA) is 86.0 Å². The molecule has 1 aromatic heterocycles. The first-order valence-corrected chi connectivity index (χ1v) is 12.9. The highest BCUT2D eigenvalue weighted by molar-refractivity contribution is 14.1. The average molecular weight is 701 g/mol. The van der Waals surface area contributed by atoms with Gasteiger partial charge in [0.25, 0.3) is 11.1 Å². The predicted molar refractivity (Wildman–Crippen MR) is 144 cm³/mol. The Hall–Kier alpha value is -2.32. The Morgan fingerprint density at radius 3 is 2.56 bits per heavy atom. The maximum atomic E-state index is 12.8. The molecule has 10 heteroatoms. The molecule has 2 aromatic carbocycles. The van der Waals surface area contributed by atoms with E-state index in [2.05, 4.69) is 49.9 Å². The van der Waals surface area contributed by atoms with E-state index in [0.29, 0.717) is 17.3 Å². The van der Waals surface area contributed by atoms with Crippen LogP contribution in [0, 0.1) is 7.14 Å². The Balaban J connectivity index is 1.43. The number of esters is 1. The molecule has 1 aliphatic heterocycles. The zero-order chi connectivity index (χ0) is 24.2. The lowest BCUT2D eigenvalue weighted by atomic mass is 10.2. The van der Waals surface area contributed by atoms with Crippen molar-refractivity contribution < 1.29 is 28.3 Å². The third-order valence-corrected chi connectivity index (χ3v) is 7.27. The van der Waals surface area contributed by atoms with Crippen LogP contribution in [0.3, 0.4) is 0 Å². The van der Waals surface area contributed by atoms with Gasteiger partial charge in [-0.15, -0.1) is 0 Å². The molecule has 34 heavy (non-hydrogen) atoms. The molecule has 0 unspecified atom stereocenters. The van der Waals surface area contributed by atoms with Crippen LogP contribution in [0.25, 0.3) is 6.08 Å². The van der Waals surface area contributed by atoms with Crippen LogP contribution >= 0.6 is 56.9 Å². The van der Waals surface area contributed by atoms with E-state index < -0.39 is 17.1 Å². The number of methoxy groups -OCH3 is 1. The molecule has 1 aliphatic rings. The fraction of sp³-hybridized carbons (Fsp3) is 0.125. The number of ether oxygens (including phenoxy) is 2. The zero-order valence-electron chi connectivity index (χ0n) is 17.7. The molecule has 0 aliphatic carbocycles. The van der Waals surface area contributed by atoms with Crippen molar-refractivity contribution in [3.05, 3.63) is 89.3 Å². The van der Waals surface area contributed by atoms with Crippen LogP contribution in [-0.2, 0) is 22.7 Å². The van der Waals surface area contributed by atoms with E-state index in [1.165, 1.54) is 22.8 Å². The van der Waals surface area contributed by atoms with Crippen molar-refractivity contribution in [3.8, 4) is 5.75 Å². The fourth-order valence-electron chi connectivity index (χ4n) is 3.08. The Kier molecular flexibility index (Phi) is 7.99. The summed E-state index contributed by atoms with van der Waals surface area (Å²) in [6.07, 6.45) is 1.68. The molecule has 0 bridgehead atoms. The van der Waals surface area contributed by atoms with E-state index in [-0.39, 0.29) is 12.3 Å². The van der Waals surface area contributed by atoms with Gasteiger partial charge in [0.05, 0.1) is 22.1 Å². The van der Waals surface area contributed by atoms with Crippen molar-refractivity contribution in [2.24, 2.45) is 0 Å². The summed E-state index contributed by atoms with van der Waals surface area (Å²) in [5.74, 6) is 0.0246. The van der Waals surface area contributed by atoms with Crippen molar-refractivity contribution in [3.63, 3.8) is 0 Å². The van der Waals surface area contributed by atoms with E-state index in [9.17, 15) is 14.4 Å². The summed E-state index contributed by atoms with van der Waals surface area (Å²) in [5, 5.41) is -0.403. The van der Waals surface area contributed by atoms with Gasteiger partial charge in [0.2, 0.25) is 5.76 Å². The van der Waals surface area contributed by atoms with Gasteiger partial charge in [-0.05, 0) is 111 Å². The SMILES string of the molecule is COC(=O)c1ccc(CN2C(=O)S/C(=C/c3ccc(OCc4ccc(I)cc4)c(I)c3)C2=O)o1. The normalized spacial score (nSPS) is 14.7. The van der Waals surface area contributed by atoms with Gasteiger partial charge in [-0.25, -0.2) is 4.79 Å². The number of furan rings is 1. The molecular weight excluding hydrogens is 684 g/mol. The molecule has 0 N–H and O–H groups in total. The second kappa shape index (κ2) is 11.0. The largest absolute Gasteiger partial charge is 0.488 e. The van der Waals surface area contributed by atoms with E-state index >= 15 is 0 Å². The first-order chi connectivity index (χ1) is 16.3. The number of benzene rings is 2. The van der Waals surface area contributed by atoms with Crippen molar-refractivity contribution in [2.45, 2.75) is 13.2 Å². The van der Waals surface area contributed by atoms with Gasteiger partial charge in [-0.2, -0.15) is 0 Å². The molecule has 174 valence electrons. The maximum absolute atomic E-state index is 12.8. The van der Waals surface area contributed by atoms with Crippen LogP contribution in [0.1, 0.15) is 27.4 Å². The molecule has 1 fully saturated rings. The monoisotopic (exact) mass is 701 g/mol. The summed E-state index contributed by atoms with van der Waals surface area (Å²) in [7, 11) is 1.25. The molecule has 1 saturated heterocycles. The number of nitrogens with zero attached hydrogens (tertiary/aromatic N) is 1. The Bertz CT molecular complexity index is 1280. The number of thioether (sulfide) groups is 1. The lowest BCUT2D eigenvalue weighted by Gasteiger charge is -2.10. The van der Waals surface area contributed by atoms with Crippen LogP contribution in [0.4, 0.5) is 4.79 Å². The number of halogens is 2. The highest BCUT2D eigenvalue weighted by atomic mass is 127. The predicted octanol–water partition coefficient (Wildman–Crippen LogP) is 6.09. The zero-order valence-corrected chi connectivity index (χ0v) is 22.9. The number of carbonyl (C=O) groups is 3. The van der Waals surface area contributed by atoms with Crippen LogP contribution in [0.5, 0.6) is 5.75 Å². The second-order valence-corrected chi connectivity index (χ2v) is 10.5. The molecular formula is C24H17I2NO6S. The van der Waals surface area contributed by atoms with E-state index in [0.717, 1.165) is 37.1 Å². The van der Waals surface area contributed by atoms with Gasteiger partial charge in [-0.1, -0.05) is 18.2 Å². The Morgan fingerprint density at radius 2 is 1.85 bits per heavy atom. The standard InChI is InChI=1S/C24H17I2NO6S/c1-31-23(29)20-9-7-17(33-20)12-27-22(28)21(34-24(27)30)11-15-4-8-19(18(26)10-15)32-13-14-2-5-16(25)6-3-14/h2-11H,12-13H2,1H3/b21-11+. The molecule has 2 amide bonds. The van der Waals surface area contributed by atoms with Gasteiger partial charge < -0.3 is 13.9 Å². The Morgan fingerprint density at radius 1 is 1.09 bits per heavy atom. The minimum atomic E-state index is -0.624. The Labute approximate surface area is 227 Å². The third-order valence-electron chi connectivity index (χ3n) is 4.80. The van der Waals surface area contributed by atoms with Crippen molar-refractivity contribution >= 4 is 80.1 Å². The molecule has 0 saturated carbocycles. The molecule has 0 spiro atoms. The molecule has 0 radical (unpaired) electrons. The number of carbonyl (C=O) groups excluding carboxylic acids is 3. The molecule has 0 atom stereocenters. The molecule has 4 rings (SSSR count). The van der Waals surface area contributed by atoms with Gasteiger partial charge in [0, 0.05) is 3.57 Å². The number of hydrogen-bond acceptors (Lipinski definition) is 7. The van der Waals surface area contributed by atoms with Crippen LogP contribution in [-0.4, -0.2) is 29.1 Å². The number of hydrogen-bond donors (Lipinski definition) is 0. The summed E-state index contributed by atoms with van der Waals surface area (Å²) >= 11 is 5.31. The van der Waals surface area contributed by atoms with Crippen LogP contribution in [0.15, 0.2) is 63.9 Å². The number of amides is 2. The quantitative estimate of drug-likeness (QED) is 0.168. The van der Waals surface area contributed by atoms with Crippen molar-refractivity contribution in [1.82, 2.24) is 4.90 Å². The van der Waals surface area contributed by atoms with Gasteiger partial charge in [0.15, 0.2) is 0 Å². The van der Waals surface area contributed by atoms with Crippen LogP contribution in [0.2, 0.25) is 0 Å². The number of imide groups is 1. The fourth-order valence-corrected chi connectivity index (χ4v) is 4.98. The first kappa shape index (κ1) is 24.8. The van der Waals surface area contributed by atoms with Crippen LogP contribution < -0.4 is 4.74 Å². The molecule has 3 aromatic rings. The van der Waals surface area contributed by atoms with Gasteiger partial charge in [0.1, 0.15) is 18.1 Å². The van der Waals surface area contributed by atoms with Gasteiger partial charge >= 0.3 is 5.97 Å². The lowest BCUT2D eigenvalue weighted by Crippen LogP contribution is -2.27. The average Bonchev–Trinajstić information content (AvgIpc) is 3.39. The number of rotatable bonds is 7. The smallest absolute Gasteiger partial charge is 0.373 e. The summed E-state index contributed by atoms with van der Waals surface area (Å²) in [5.41, 5.74) is 1.85. The summed E-state index contributed by atoms with van der Waals surface area (Å²) in [4.78, 5) is 38.2. The molecule has 2 heterocycles. The highest BCUT2D eigenvalue weighted by Crippen LogP contribution is 2.34. The summed E-state index contributed by atoms with van der Waals surface area (Å²) < 4.78 is 18.0. The van der Waals surface area contributed by atoms with E-state index in [1.54, 1.807) is 6.08 Å². The van der Waals surface area contributed by atoms with Crippen molar-refractivity contribution in [1.29, 1.82) is 0 Å². The minimum Gasteiger partial charge on any atom is -0.488 e. The lowest BCUT2D eigenvalue weighted by molar-refractivity contribution is -0.123. The summed E-state index contributed by atoms with van der Waals surface area (Å²) in [6.45, 7) is 0.386. The highest BCUT2D eigenvalue weighted by Gasteiger charge is 2.35. The second-order valence-electron chi connectivity index (χ2n) is 7.13. The summed E-state index contributed by atoms with van der Waals surface area (Å²) in [6, 6.07) is 16.7. The third kappa shape index (κ3) is 5.84. The minimum absolute atomic E-state index is 0.0129. The van der Waals surface area contributed by atoms with Gasteiger partial charge in [-0.3, -0.25) is 14.5 Å². The molecule has 7 nitrogen and oxygen atoms in total. The first-order valence-electron chi connectivity index (χ1n) is 9.93.